The number of fused-ring (bicyclic) bond motifs is 6. The third-order valence-corrected chi connectivity index (χ3v) is 10.1. The summed E-state index contributed by atoms with van der Waals surface area (Å²) in [7, 11) is 63.7. The predicted octanol–water partition coefficient (Wildman–Crippen LogP) is -2.19. The highest BCUT2D eigenvalue weighted by molar-refractivity contribution is 6.70. The lowest BCUT2D eigenvalue weighted by molar-refractivity contribution is 0.670. The Kier molecular flexibility index (Phi) is 8.00. The van der Waals surface area contributed by atoms with E-state index in [1.807, 2.05) is 89.5 Å². The van der Waals surface area contributed by atoms with Crippen LogP contribution in [0.3, 0.4) is 0 Å². The second kappa shape index (κ2) is 12.6. The lowest BCUT2D eigenvalue weighted by Gasteiger charge is -2.21. The number of hydrogen-bond acceptors (Lipinski definition) is 4. The summed E-state index contributed by atoms with van der Waals surface area (Å²) in [5, 5.41) is 3.43. The predicted molar refractivity (Wildman–Crippen MR) is 232 cm³/mol. The van der Waals surface area contributed by atoms with Crippen molar-refractivity contribution in [2.75, 3.05) is 0 Å². The monoisotopic (exact) mass is 664 g/mol. The summed E-state index contributed by atoms with van der Waals surface area (Å²) in [6.07, 6.45) is 0. The Hall–Kier alpha value is -5.42. The summed E-state index contributed by atoms with van der Waals surface area (Å²) in [4.78, 5) is 15.1. The Bertz CT molecular complexity index is 2970. The molecule has 0 N–H and O–H groups in total. The Morgan fingerprint density at radius 2 is 0.870 bits per heavy atom. The highest BCUT2D eigenvalue weighted by Gasteiger charge is 2.24. The molecule has 0 amide bonds. The van der Waals surface area contributed by atoms with Gasteiger partial charge < -0.3 is 4.42 Å². The molecular formula is C39H14B10N4O. The molecule has 6 aromatic carbocycles. The fourth-order valence-corrected chi connectivity index (χ4v) is 7.30. The molecule has 3 heterocycles. The van der Waals surface area contributed by atoms with Crippen LogP contribution in [0.25, 0.3) is 83.6 Å². The van der Waals surface area contributed by atoms with Crippen molar-refractivity contribution in [3.63, 3.8) is 0 Å². The molecule has 0 atom stereocenters. The minimum absolute atomic E-state index is 0.0648. The van der Waals surface area contributed by atoms with Crippen molar-refractivity contribution in [2.45, 2.75) is 0 Å². The largest absolute Gasteiger partial charge is 0.455 e. The first-order valence-electron chi connectivity index (χ1n) is 16.7. The topological polar surface area (TPSA) is 56.7 Å². The quantitative estimate of drug-likeness (QED) is 0.201. The molecule has 3 aromatic heterocycles. The summed E-state index contributed by atoms with van der Waals surface area (Å²) in [6.45, 7) is 0. The average Bonchev–Trinajstić information content (AvgIpc) is 3.74. The third-order valence-electron chi connectivity index (χ3n) is 10.1. The number of benzene rings is 6. The molecule has 0 saturated carbocycles. The van der Waals surface area contributed by atoms with Crippen LogP contribution in [-0.2, 0) is 0 Å². The van der Waals surface area contributed by atoms with Gasteiger partial charge in [-0.25, -0.2) is 4.98 Å². The van der Waals surface area contributed by atoms with Crippen LogP contribution in [0.15, 0.2) is 89.3 Å². The number of furan rings is 1. The molecule has 0 aliphatic carbocycles. The van der Waals surface area contributed by atoms with Crippen molar-refractivity contribution in [1.82, 2.24) is 19.5 Å². The summed E-state index contributed by atoms with van der Waals surface area (Å²) in [6, 6.07) is 27.1. The minimum atomic E-state index is 0.0648. The molecule has 0 saturated heterocycles. The Morgan fingerprint density at radius 3 is 1.46 bits per heavy atom. The van der Waals surface area contributed by atoms with Crippen molar-refractivity contribution in [3.8, 4) is 39.9 Å². The molecule has 15 heteroatoms. The lowest BCUT2D eigenvalue weighted by atomic mass is 9.59. The first-order chi connectivity index (χ1) is 26.0. The molecule has 54 heavy (non-hydrogen) atoms. The molecule has 0 aliphatic rings. The summed E-state index contributed by atoms with van der Waals surface area (Å²) >= 11 is 0. The first kappa shape index (κ1) is 34.4. The fourth-order valence-electron chi connectivity index (χ4n) is 7.30. The molecule has 9 aromatic rings. The zero-order valence-corrected chi connectivity index (χ0v) is 28.6. The highest BCUT2D eigenvalue weighted by atomic mass is 16.3. The van der Waals surface area contributed by atoms with Crippen LogP contribution < -0.4 is 54.6 Å². The number of rotatable bonds is 4. The van der Waals surface area contributed by atoms with E-state index in [0.29, 0.717) is 44.6 Å². The lowest BCUT2D eigenvalue weighted by Crippen LogP contribution is -2.55. The van der Waals surface area contributed by atoms with E-state index in [-0.39, 0.29) is 71.8 Å². The molecule has 0 unspecified atom stereocenters. The van der Waals surface area contributed by atoms with Gasteiger partial charge in [0.15, 0.2) is 11.6 Å². The molecular weight excluding hydrogens is 649 g/mol. The molecule has 9 rings (SSSR count). The summed E-state index contributed by atoms with van der Waals surface area (Å²) < 4.78 is 8.51. The van der Waals surface area contributed by atoms with Crippen LogP contribution in [0.4, 0.5) is 0 Å². The van der Waals surface area contributed by atoms with Gasteiger partial charge in [0.05, 0.1) is 11.0 Å². The number of aromatic nitrogens is 4. The van der Waals surface area contributed by atoms with Crippen LogP contribution in [0.2, 0.25) is 0 Å². The number of nitrogens with zero attached hydrogens (tertiary/aromatic N) is 4. The molecule has 5 nitrogen and oxygen atoms in total. The van der Waals surface area contributed by atoms with Crippen LogP contribution in [-0.4, -0.2) is 98.0 Å². The van der Waals surface area contributed by atoms with Gasteiger partial charge in [-0.2, -0.15) is 9.97 Å². The van der Waals surface area contributed by atoms with Crippen LogP contribution >= 0.6 is 0 Å². The van der Waals surface area contributed by atoms with E-state index in [1.54, 1.807) is 0 Å². The van der Waals surface area contributed by atoms with Gasteiger partial charge in [-0.05, 0) is 23.8 Å². The van der Waals surface area contributed by atoms with E-state index in [9.17, 15) is 0 Å². The second-order valence-electron chi connectivity index (χ2n) is 13.0. The van der Waals surface area contributed by atoms with Gasteiger partial charge in [0.1, 0.15) is 89.6 Å². The fraction of sp³-hybridized carbons (Fsp3) is 0. The normalized spacial score (nSPS) is 11.7. The molecule has 0 bridgehead atoms. The van der Waals surface area contributed by atoms with Crippen molar-refractivity contribution in [1.29, 1.82) is 0 Å². The number of hydrogen-bond donors (Lipinski definition) is 0. The molecule has 0 spiro atoms. The van der Waals surface area contributed by atoms with Crippen LogP contribution in [0, 0.1) is 0 Å². The van der Waals surface area contributed by atoms with Gasteiger partial charge in [-0.3, -0.25) is 4.57 Å². The van der Waals surface area contributed by atoms with Crippen molar-refractivity contribution in [2.24, 2.45) is 0 Å². The highest BCUT2D eigenvalue weighted by Crippen LogP contribution is 2.40. The van der Waals surface area contributed by atoms with Gasteiger partial charge in [0.2, 0.25) is 5.95 Å². The maximum Gasteiger partial charge on any atom is 0.238 e. The molecule has 20 radical (unpaired) electrons. The molecule has 0 aliphatic heterocycles. The zero-order valence-electron chi connectivity index (χ0n) is 28.6. The van der Waals surface area contributed by atoms with Crippen molar-refractivity contribution < 1.29 is 4.42 Å². The van der Waals surface area contributed by atoms with Crippen LogP contribution in [0.1, 0.15) is 0 Å². The first-order valence-corrected chi connectivity index (χ1v) is 16.7. The summed E-state index contributed by atoms with van der Waals surface area (Å²) in [5.41, 5.74) is 5.66. The maximum absolute atomic E-state index is 6.59. The van der Waals surface area contributed by atoms with Gasteiger partial charge in [-0.15, -0.1) is 32.8 Å². The van der Waals surface area contributed by atoms with E-state index in [0.717, 1.165) is 21.8 Å². The van der Waals surface area contributed by atoms with Gasteiger partial charge >= 0.3 is 0 Å². The Balaban J connectivity index is 1.38. The number of para-hydroxylation sites is 3. The van der Waals surface area contributed by atoms with E-state index in [4.69, 9.17) is 97.8 Å². The Morgan fingerprint density at radius 1 is 0.407 bits per heavy atom. The maximum atomic E-state index is 6.59. The average molecular weight is 663 g/mol. The SMILES string of the molecule is [B]c1c([B])c([B])c(-c2nc(-c3cccc4oc5c(-c6c([B])c([B])c([B])c([B])c6[B])cccc5c34)nc(-n3c4ccccc4c4ccccc43)n2)c([B])c1[B]. The zero-order chi connectivity index (χ0) is 37.7. The minimum Gasteiger partial charge on any atom is -0.455 e. The van der Waals surface area contributed by atoms with E-state index in [1.165, 1.54) is 0 Å². The van der Waals surface area contributed by atoms with Gasteiger partial charge in [-0.1, -0.05) is 88.6 Å². The van der Waals surface area contributed by atoms with Crippen molar-refractivity contribution in [3.05, 3.63) is 84.9 Å². The third kappa shape index (κ3) is 4.90. The molecule has 226 valence electrons. The second-order valence-corrected chi connectivity index (χ2v) is 13.0. The van der Waals surface area contributed by atoms with Gasteiger partial charge in [0, 0.05) is 38.2 Å². The van der Waals surface area contributed by atoms with E-state index < -0.39 is 0 Å². The van der Waals surface area contributed by atoms with E-state index in [2.05, 4.69) is 0 Å². The van der Waals surface area contributed by atoms with Crippen LogP contribution in [0.5, 0.6) is 0 Å². The van der Waals surface area contributed by atoms with Crippen molar-refractivity contribution >= 4 is 177 Å². The summed E-state index contributed by atoms with van der Waals surface area (Å²) in [5.74, 6) is 0.700. The van der Waals surface area contributed by atoms with Gasteiger partial charge in [0.25, 0.3) is 0 Å². The van der Waals surface area contributed by atoms with E-state index >= 15 is 0 Å². The standard InChI is InChI=1S/C39H14B10N4O/c40-26-24(27(41)31(45)34(48)30(26)44)18-10-5-9-17-23-19(11-6-14-22(23)54-36(17)18)37-50-38(25-28(42)32(46)35(49)33(47)29(25)43)52-39(51-37)53-20-12-3-1-7-15(20)16-8-2-4-13-21(16)53/h1-14H. The Labute approximate surface area is 324 Å². The smallest absolute Gasteiger partial charge is 0.238 e. The molecule has 0 fully saturated rings.